The lowest BCUT2D eigenvalue weighted by Crippen LogP contribution is -1.91. The molecule has 0 fully saturated rings. The molecule has 0 aliphatic rings. The molecule has 19 heavy (non-hydrogen) atoms. The van der Waals surface area contributed by atoms with Crippen molar-refractivity contribution in [1.82, 2.24) is 20.1 Å². The van der Waals surface area contributed by atoms with Crippen LogP contribution in [0.5, 0.6) is 0 Å². The molecule has 94 valence electrons. The molecule has 2 aromatic heterocycles. The fourth-order valence-electron chi connectivity index (χ4n) is 1.55. The quantitative estimate of drug-likeness (QED) is 0.554. The minimum atomic E-state index is 0.342. The molecule has 0 amide bonds. The smallest absolute Gasteiger partial charge is 0.260 e. The van der Waals surface area contributed by atoms with Crippen LogP contribution < -0.4 is 5.73 Å². The van der Waals surface area contributed by atoms with E-state index in [2.05, 4.69) is 42.7 Å². The summed E-state index contributed by atoms with van der Waals surface area (Å²) in [6.45, 7) is 0. The van der Waals surface area contributed by atoms with Crippen LogP contribution in [0.15, 0.2) is 41.2 Å². The Morgan fingerprint density at radius 3 is 2.68 bits per heavy atom. The van der Waals surface area contributed by atoms with Crippen LogP contribution in [0.4, 0.5) is 5.69 Å². The van der Waals surface area contributed by atoms with Gasteiger partial charge in [0, 0.05) is 21.7 Å². The number of hydrogen-bond donors (Lipinski definition) is 1. The molecular weight excluding hydrogens is 357 g/mol. The number of nitrogens with zero attached hydrogens (tertiary/aromatic N) is 4. The summed E-state index contributed by atoms with van der Waals surface area (Å²) >= 11 is 2.20. The highest BCUT2D eigenvalue weighted by molar-refractivity contribution is 14.1. The third-order valence-corrected chi connectivity index (χ3v) is 3.11. The molecular formula is C12H8IN5O. The molecule has 0 spiro atoms. The third kappa shape index (κ3) is 2.41. The zero-order valence-corrected chi connectivity index (χ0v) is 11.8. The molecule has 0 unspecified atom stereocenters. The molecule has 0 saturated heterocycles. The van der Waals surface area contributed by atoms with Gasteiger partial charge in [0.05, 0.1) is 5.56 Å². The summed E-state index contributed by atoms with van der Waals surface area (Å²) in [5.41, 5.74) is 7.20. The molecule has 0 aliphatic heterocycles. The van der Waals surface area contributed by atoms with Crippen LogP contribution in [0, 0.1) is 3.57 Å². The molecule has 2 heterocycles. The predicted octanol–water partition coefficient (Wildman–Crippen LogP) is 2.38. The Kier molecular flexibility index (Phi) is 3.11. The topological polar surface area (TPSA) is 90.7 Å². The van der Waals surface area contributed by atoms with Gasteiger partial charge in [-0.15, -0.1) is 0 Å². The average Bonchev–Trinajstić information content (AvgIpc) is 2.92. The fourth-order valence-corrected chi connectivity index (χ4v) is 2.04. The predicted molar refractivity (Wildman–Crippen MR) is 77.9 cm³/mol. The Hall–Kier alpha value is -2.03. The number of anilines is 1. The average molecular weight is 365 g/mol. The molecule has 0 aliphatic carbocycles. The Morgan fingerprint density at radius 2 is 1.89 bits per heavy atom. The van der Waals surface area contributed by atoms with E-state index in [0.29, 0.717) is 28.8 Å². The Balaban J connectivity index is 2.04. The maximum atomic E-state index is 5.91. The molecule has 3 aromatic rings. The van der Waals surface area contributed by atoms with E-state index >= 15 is 0 Å². The first kappa shape index (κ1) is 12.0. The number of hydrogen-bond acceptors (Lipinski definition) is 6. The maximum absolute atomic E-state index is 5.91. The zero-order valence-electron chi connectivity index (χ0n) is 9.62. The van der Waals surface area contributed by atoms with Crippen molar-refractivity contribution in [1.29, 1.82) is 0 Å². The number of nitrogen functional groups attached to an aromatic ring is 1. The lowest BCUT2D eigenvalue weighted by molar-refractivity contribution is 0.432. The van der Waals surface area contributed by atoms with E-state index in [0.717, 1.165) is 3.57 Å². The summed E-state index contributed by atoms with van der Waals surface area (Å²) < 4.78 is 6.26. The second-order valence-electron chi connectivity index (χ2n) is 3.73. The van der Waals surface area contributed by atoms with Gasteiger partial charge in [0.2, 0.25) is 11.6 Å². The van der Waals surface area contributed by atoms with Crippen molar-refractivity contribution in [3.8, 4) is 23.1 Å². The van der Waals surface area contributed by atoms with Gasteiger partial charge < -0.3 is 10.3 Å². The first-order chi connectivity index (χ1) is 9.24. The molecule has 3 rings (SSSR count). The lowest BCUT2D eigenvalue weighted by atomic mass is 10.2. The Labute approximate surface area is 122 Å². The van der Waals surface area contributed by atoms with Crippen molar-refractivity contribution < 1.29 is 4.52 Å². The highest BCUT2D eigenvalue weighted by atomic mass is 127. The lowest BCUT2D eigenvalue weighted by Gasteiger charge is -2.00. The number of nitrogens with two attached hydrogens (primary N) is 1. The Morgan fingerprint density at radius 1 is 1.11 bits per heavy atom. The van der Waals surface area contributed by atoms with Crippen LogP contribution in [0.1, 0.15) is 0 Å². The van der Waals surface area contributed by atoms with E-state index in [1.165, 1.54) is 0 Å². The first-order valence-corrected chi connectivity index (χ1v) is 6.48. The fraction of sp³-hybridized carbons (Fsp3) is 0. The maximum Gasteiger partial charge on any atom is 0.260 e. The van der Waals surface area contributed by atoms with Gasteiger partial charge in [-0.1, -0.05) is 5.16 Å². The number of halogens is 1. The minimum Gasteiger partial charge on any atom is -0.398 e. The van der Waals surface area contributed by atoms with Gasteiger partial charge in [0.25, 0.3) is 5.89 Å². The second kappa shape index (κ2) is 4.92. The summed E-state index contributed by atoms with van der Waals surface area (Å²) in [5.74, 6) is 1.12. The van der Waals surface area contributed by atoms with Crippen molar-refractivity contribution in [2.45, 2.75) is 0 Å². The highest BCUT2D eigenvalue weighted by Crippen LogP contribution is 2.27. The SMILES string of the molecule is Nc1ccc(I)cc1-c1nc(-c2ncccn2)no1. The van der Waals surface area contributed by atoms with E-state index in [-0.39, 0.29) is 0 Å². The van der Waals surface area contributed by atoms with E-state index in [1.54, 1.807) is 24.5 Å². The summed E-state index contributed by atoms with van der Waals surface area (Å²) in [5, 5.41) is 3.86. The molecule has 0 radical (unpaired) electrons. The van der Waals surface area contributed by atoms with Crippen molar-refractivity contribution in [2.75, 3.05) is 5.73 Å². The molecule has 6 nitrogen and oxygen atoms in total. The first-order valence-electron chi connectivity index (χ1n) is 5.40. The van der Waals surface area contributed by atoms with Crippen LogP contribution in [0.25, 0.3) is 23.1 Å². The van der Waals surface area contributed by atoms with Crippen molar-refractivity contribution in [3.63, 3.8) is 0 Å². The van der Waals surface area contributed by atoms with Crippen LogP contribution in [-0.4, -0.2) is 20.1 Å². The molecule has 2 N–H and O–H groups in total. The van der Waals surface area contributed by atoms with Gasteiger partial charge in [-0.3, -0.25) is 0 Å². The van der Waals surface area contributed by atoms with Gasteiger partial charge in [-0.25, -0.2) is 9.97 Å². The van der Waals surface area contributed by atoms with E-state index in [4.69, 9.17) is 10.3 Å². The summed E-state index contributed by atoms with van der Waals surface area (Å²) in [4.78, 5) is 12.4. The standard InChI is InChI=1S/C12H8IN5O/c13-7-2-3-9(14)8(6-7)12-17-11(18-19-12)10-15-4-1-5-16-10/h1-6H,14H2. The van der Waals surface area contributed by atoms with E-state index < -0.39 is 0 Å². The van der Waals surface area contributed by atoms with Crippen molar-refractivity contribution in [3.05, 3.63) is 40.2 Å². The van der Waals surface area contributed by atoms with Gasteiger partial charge in [0.1, 0.15) is 0 Å². The summed E-state index contributed by atoms with van der Waals surface area (Å²) in [7, 11) is 0. The third-order valence-electron chi connectivity index (χ3n) is 2.44. The summed E-state index contributed by atoms with van der Waals surface area (Å²) in [6.07, 6.45) is 3.25. The van der Waals surface area contributed by atoms with Gasteiger partial charge in [-0.2, -0.15) is 4.98 Å². The minimum absolute atomic E-state index is 0.342. The molecule has 0 saturated carbocycles. The normalized spacial score (nSPS) is 10.6. The molecule has 1 aromatic carbocycles. The second-order valence-corrected chi connectivity index (χ2v) is 4.97. The number of rotatable bonds is 2. The molecule has 0 bridgehead atoms. The van der Waals surface area contributed by atoms with E-state index in [9.17, 15) is 0 Å². The molecule has 7 heteroatoms. The van der Waals surface area contributed by atoms with Gasteiger partial charge >= 0.3 is 0 Å². The monoisotopic (exact) mass is 365 g/mol. The van der Waals surface area contributed by atoms with Crippen LogP contribution in [0.3, 0.4) is 0 Å². The zero-order chi connectivity index (χ0) is 13.2. The van der Waals surface area contributed by atoms with Gasteiger partial charge in [-0.05, 0) is 46.9 Å². The van der Waals surface area contributed by atoms with Crippen molar-refractivity contribution in [2.24, 2.45) is 0 Å². The van der Waals surface area contributed by atoms with Crippen LogP contribution >= 0.6 is 22.6 Å². The van der Waals surface area contributed by atoms with Crippen molar-refractivity contribution >= 4 is 28.3 Å². The Bertz CT molecular complexity index is 713. The number of benzene rings is 1. The summed E-state index contributed by atoms with van der Waals surface area (Å²) in [6, 6.07) is 7.33. The largest absolute Gasteiger partial charge is 0.398 e. The highest BCUT2D eigenvalue weighted by Gasteiger charge is 2.14. The van der Waals surface area contributed by atoms with Crippen LogP contribution in [-0.2, 0) is 0 Å². The van der Waals surface area contributed by atoms with Gasteiger partial charge in [0.15, 0.2) is 0 Å². The molecule has 0 atom stereocenters. The van der Waals surface area contributed by atoms with E-state index in [1.807, 2.05) is 12.1 Å². The van der Waals surface area contributed by atoms with Crippen LogP contribution in [0.2, 0.25) is 0 Å². The number of aromatic nitrogens is 4.